The molecule has 1 aromatic rings. The summed E-state index contributed by atoms with van der Waals surface area (Å²) in [5.74, 6) is -0.169. The molecule has 1 aromatic heterocycles. The number of aliphatic hydroxyl groups is 1. The highest BCUT2D eigenvalue weighted by molar-refractivity contribution is 5.46. The second-order valence-corrected chi connectivity index (χ2v) is 4.08. The predicted octanol–water partition coefficient (Wildman–Crippen LogP) is 1.32. The van der Waals surface area contributed by atoms with Gasteiger partial charge in [-0.25, -0.2) is 0 Å². The number of aliphatic hydroxyl groups excluding tert-OH is 1. The van der Waals surface area contributed by atoms with E-state index < -0.39 is 4.92 Å². The van der Waals surface area contributed by atoms with Crippen LogP contribution in [-0.4, -0.2) is 27.2 Å². The van der Waals surface area contributed by atoms with Crippen molar-refractivity contribution < 1.29 is 10.0 Å². The molecule has 1 heterocycles. The van der Waals surface area contributed by atoms with Crippen molar-refractivity contribution in [3.05, 3.63) is 28.4 Å². The van der Waals surface area contributed by atoms with Crippen molar-refractivity contribution in [1.82, 2.24) is 4.98 Å². The van der Waals surface area contributed by atoms with E-state index in [9.17, 15) is 15.2 Å². The molecule has 0 aromatic carbocycles. The summed E-state index contributed by atoms with van der Waals surface area (Å²) in [5.41, 5.74) is 0.456. The van der Waals surface area contributed by atoms with Gasteiger partial charge in [-0.1, -0.05) is 0 Å². The highest BCUT2D eigenvalue weighted by atomic mass is 16.6. The first-order chi connectivity index (χ1) is 7.65. The summed E-state index contributed by atoms with van der Waals surface area (Å²) in [4.78, 5) is 13.6. The number of nitrogens with one attached hydrogen (secondary N) is 1. The highest BCUT2D eigenvalue weighted by Gasteiger charge is 2.36. The van der Waals surface area contributed by atoms with Crippen molar-refractivity contribution in [3.8, 4) is 0 Å². The summed E-state index contributed by atoms with van der Waals surface area (Å²) in [7, 11) is 0. The fraction of sp³-hybridized carbons (Fsp3) is 0.500. The molecule has 2 rings (SSSR count). The quantitative estimate of drug-likeness (QED) is 0.593. The minimum atomic E-state index is -0.533. The van der Waals surface area contributed by atoms with Crippen molar-refractivity contribution in [3.63, 3.8) is 0 Å². The van der Waals surface area contributed by atoms with E-state index in [2.05, 4.69) is 10.3 Å². The molecular weight excluding hydrogens is 210 g/mol. The highest BCUT2D eigenvalue weighted by Crippen LogP contribution is 2.34. The van der Waals surface area contributed by atoms with Crippen LogP contribution in [0.2, 0.25) is 0 Å². The summed E-state index contributed by atoms with van der Waals surface area (Å²) in [6.07, 6.45) is 4.35. The van der Waals surface area contributed by atoms with Crippen molar-refractivity contribution in [2.45, 2.75) is 24.8 Å². The number of hydrogen-bond donors (Lipinski definition) is 2. The standard InChI is InChI=1S/C10H13N3O3/c14-7-10(4-1-5-10)12-8-2-3-9(11-6-8)13(15)16/h2-3,6,12,14H,1,4-5,7H2. The average molecular weight is 223 g/mol. The molecule has 1 saturated carbocycles. The van der Waals surface area contributed by atoms with Crippen LogP contribution in [0.1, 0.15) is 19.3 Å². The summed E-state index contributed by atoms with van der Waals surface area (Å²) in [6.45, 7) is 0.0734. The number of rotatable bonds is 4. The minimum absolute atomic E-state index is 0.0734. The van der Waals surface area contributed by atoms with Crippen LogP contribution in [0.25, 0.3) is 0 Å². The zero-order valence-corrected chi connectivity index (χ0v) is 8.72. The molecule has 6 heteroatoms. The zero-order valence-electron chi connectivity index (χ0n) is 8.72. The van der Waals surface area contributed by atoms with E-state index in [1.165, 1.54) is 12.3 Å². The van der Waals surface area contributed by atoms with E-state index >= 15 is 0 Å². The number of anilines is 1. The molecule has 1 fully saturated rings. The van der Waals surface area contributed by atoms with Crippen LogP contribution in [-0.2, 0) is 0 Å². The van der Waals surface area contributed by atoms with Gasteiger partial charge in [-0.2, -0.15) is 0 Å². The lowest BCUT2D eigenvalue weighted by molar-refractivity contribution is -0.389. The van der Waals surface area contributed by atoms with Crippen LogP contribution in [0, 0.1) is 10.1 Å². The Morgan fingerprint density at radius 1 is 1.56 bits per heavy atom. The third kappa shape index (κ3) is 1.96. The van der Waals surface area contributed by atoms with Gasteiger partial charge in [0.2, 0.25) is 0 Å². The number of nitrogens with zero attached hydrogens (tertiary/aromatic N) is 2. The van der Waals surface area contributed by atoms with E-state index in [0.717, 1.165) is 19.3 Å². The summed E-state index contributed by atoms with van der Waals surface area (Å²) in [5, 5.41) is 22.8. The lowest BCUT2D eigenvalue weighted by Gasteiger charge is -2.41. The van der Waals surface area contributed by atoms with Gasteiger partial charge < -0.3 is 20.5 Å². The molecule has 0 bridgehead atoms. The van der Waals surface area contributed by atoms with Gasteiger partial charge in [-0.05, 0) is 35.2 Å². The van der Waals surface area contributed by atoms with E-state index in [1.54, 1.807) is 6.07 Å². The van der Waals surface area contributed by atoms with Crippen molar-refractivity contribution in [2.75, 3.05) is 11.9 Å². The SMILES string of the molecule is O=[N+]([O-])c1ccc(NC2(CO)CCC2)cn1. The summed E-state index contributed by atoms with van der Waals surface area (Å²) in [6, 6.07) is 2.97. The Morgan fingerprint density at radius 2 is 2.31 bits per heavy atom. The third-order valence-corrected chi connectivity index (χ3v) is 2.96. The van der Waals surface area contributed by atoms with Crippen molar-refractivity contribution in [1.29, 1.82) is 0 Å². The normalized spacial score (nSPS) is 17.6. The van der Waals surface area contributed by atoms with Gasteiger partial charge in [0.25, 0.3) is 0 Å². The van der Waals surface area contributed by atoms with Gasteiger partial charge in [-0.3, -0.25) is 0 Å². The smallest absolute Gasteiger partial charge is 0.363 e. The first-order valence-corrected chi connectivity index (χ1v) is 5.15. The molecule has 0 saturated heterocycles. The molecule has 0 unspecified atom stereocenters. The second kappa shape index (κ2) is 4.05. The van der Waals surface area contributed by atoms with Crippen LogP contribution in [0.4, 0.5) is 11.5 Å². The van der Waals surface area contributed by atoms with E-state index in [4.69, 9.17) is 0 Å². The molecule has 2 N–H and O–H groups in total. The molecule has 86 valence electrons. The van der Waals surface area contributed by atoms with Crippen molar-refractivity contribution in [2.24, 2.45) is 0 Å². The van der Waals surface area contributed by atoms with Crippen LogP contribution in [0.3, 0.4) is 0 Å². The lowest BCUT2D eigenvalue weighted by atomic mass is 9.77. The Balaban J connectivity index is 2.07. The largest absolute Gasteiger partial charge is 0.394 e. The maximum Gasteiger partial charge on any atom is 0.363 e. The molecular formula is C10H13N3O3. The maximum absolute atomic E-state index is 10.4. The van der Waals surface area contributed by atoms with Gasteiger partial charge in [0, 0.05) is 6.07 Å². The Labute approximate surface area is 92.5 Å². The molecule has 1 aliphatic carbocycles. The second-order valence-electron chi connectivity index (χ2n) is 4.08. The van der Waals surface area contributed by atoms with Crippen LogP contribution in [0.15, 0.2) is 18.3 Å². The summed E-state index contributed by atoms with van der Waals surface area (Å²) >= 11 is 0. The fourth-order valence-electron chi connectivity index (χ4n) is 1.80. The van der Waals surface area contributed by atoms with Gasteiger partial charge in [0.15, 0.2) is 6.20 Å². The van der Waals surface area contributed by atoms with E-state index in [-0.39, 0.29) is 18.0 Å². The zero-order chi connectivity index (χ0) is 11.6. The Hall–Kier alpha value is -1.69. The Bertz CT molecular complexity index is 381. The van der Waals surface area contributed by atoms with Gasteiger partial charge in [0.05, 0.1) is 17.8 Å². The molecule has 16 heavy (non-hydrogen) atoms. The van der Waals surface area contributed by atoms with E-state index in [0.29, 0.717) is 5.69 Å². The number of nitro groups is 1. The van der Waals surface area contributed by atoms with Crippen LogP contribution in [0.5, 0.6) is 0 Å². The monoisotopic (exact) mass is 223 g/mol. The molecule has 0 aliphatic heterocycles. The van der Waals surface area contributed by atoms with Crippen molar-refractivity contribution >= 4 is 11.5 Å². The third-order valence-electron chi connectivity index (χ3n) is 2.96. The number of pyridine rings is 1. The topological polar surface area (TPSA) is 88.3 Å². The van der Waals surface area contributed by atoms with Gasteiger partial charge in [-0.15, -0.1) is 0 Å². The molecule has 6 nitrogen and oxygen atoms in total. The van der Waals surface area contributed by atoms with Crippen LogP contribution < -0.4 is 5.32 Å². The Kier molecular flexibility index (Phi) is 2.74. The first kappa shape index (κ1) is 10.8. The fourth-order valence-corrected chi connectivity index (χ4v) is 1.80. The lowest BCUT2D eigenvalue weighted by Crippen LogP contribution is -2.48. The summed E-state index contributed by atoms with van der Waals surface area (Å²) < 4.78 is 0. The molecule has 0 radical (unpaired) electrons. The predicted molar refractivity (Wildman–Crippen MR) is 58.2 cm³/mol. The van der Waals surface area contributed by atoms with Gasteiger partial charge in [0.1, 0.15) is 0 Å². The first-order valence-electron chi connectivity index (χ1n) is 5.15. The number of aromatic nitrogens is 1. The van der Waals surface area contributed by atoms with E-state index in [1.807, 2.05) is 0 Å². The molecule has 1 aliphatic rings. The molecule has 0 atom stereocenters. The molecule has 0 spiro atoms. The van der Waals surface area contributed by atoms with Gasteiger partial charge >= 0.3 is 5.82 Å². The molecule has 0 amide bonds. The number of hydrogen-bond acceptors (Lipinski definition) is 5. The average Bonchev–Trinajstić information content (AvgIpc) is 2.24. The maximum atomic E-state index is 10.4. The minimum Gasteiger partial charge on any atom is -0.394 e. The Morgan fingerprint density at radius 3 is 2.69 bits per heavy atom. The van der Waals surface area contributed by atoms with Crippen LogP contribution >= 0.6 is 0 Å².